The highest BCUT2D eigenvalue weighted by molar-refractivity contribution is 6.45. The zero-order chi connectivity index (χ0) is 20.2. The van der Waals surface area contributed by atoms with Crippen molar-refractivity contribution in [3.05, 3.63) is 23.0 Å². The van der Waals surface area contributed by atoms with Crippen LogP contribution in [-0.2, 0) is 9.31 Å². The van der Waals surface area contributed by atoms with E-state index in [1.54, 1.807) is 11.1 Å². The van der Waals surface area contributed by atoms with Gasteiger partial charge in [-0.05, 0) is 91.8 Å². The van der Waals surface area contributed by atoms with Gasteiger partial charge < -0.3 is 14.4 Å². The molecule has 0 aromatic carbocycles. The lowest BCUT2D eigenvalue weighted by atomic mass is 9.48. The van der Waals surface area contributed by atoms with Crippen LogP contribution in [0.25, 0.3) is 0 Å². The summed E-state index contributed by atoms with van der Waals surface area (Å²) in [7, 11) is -0.0100. The van der Waals surface area contributed by atoms with E-state index < -0.39 is 0 Å². The molecule has 4 fully saturated rings. The molecule has 29 heavy (non-hydrogen) atoms. The fourth-order valence-corrected chi connectivity index (χ4v) is 7.98. The molecule has 0 aromatic heterocycles. The molecular formula is C25H39BO3. The molecule has 0 bridgehead atoms. The number of rotatable bonds is 3. The number of aliphatic hydroxyl groups excluding tert-OH is 1. The van der Waals surface area contributed by atoms with Crippen LogP contribution in [-0.4, -0.2) is 24.9 Å². The molecule has 3 saturated carbocycles. The molecule has 4 heteroatoms. The first-order valence-electron chi connectivity index (χ1n) is 12.3. The Bertz CT molecular complexity index is 715. The summed E-state index contributed by atoms with van der Waals surface area (Å²) in [6, 6.07) is 0. The van der Waals surface area contributed by atoms with Crippen molar-refractivity contribution in [2.75, 3.05) is 6.61 Å². The fraction of sp³-hybridized carbons (Fsp3) is 0.840. The Morgan fingerprint density at radius 2 is 1.93 bits per heavy atom. The third-order valence-electron chi connectivity index (χ3n) is 9.67. The molecule has 0 amide bonds. The topological polar surface area (TPSA) is 38.7 Å². The molecule has 0 radical (unpaired) electrons. The van der Waals surface area contributed by atoms with E-state index in [0.717, 1.165) is 36.9 Å². The van der Waals surface area contributed by atoms with Gasteiger partial charge in [-0.25, -0.2) is 0 Å². The lowest BCUT2D eigenvalue weighted by Crippen LogP contribution is -2.49. The summed E-state index contributed by atoms with van der Waals surface area (Å²) in [5.74, 6) is 3.57. The van der Waals surface area contributed by atoms with Crippen molar-refractivity contribution in [1.29, 1.82) is 0 Å². The van der Waals surface area contributed by atoms with Crippen LogP contribution in [0.15, 0.2) is 23.0 Å². The van der Waals surface area contributed by atoms with Crippen LogP contribution < -0.4 is 0 Å². The molecule has 0 spiro atoms. The summed E-state index contributed by atoms with van der Waals surface area (Å²) < 4.78 is 12.3. The van der Waals surface area contributed by atoms with Gasteiger partial charge in [0.2, 0.25) is 0 Å². The second kappa shape index (κ2) is 7.44. The third kappa shape index (κ3) is 3.16. The van der Waals surface area contributed by atoms with Crippen LogP contribution in [0.1, 0.15) is 85.0 Å². The third-order valence-corrected chi connectivity index (χ3v) is 9.67. The number of hydrogen-bond acceptors (Lipinski definition) is 3. The van der Waals surface area contributed by atoms with Gasteiger partial charge in [0.15, 0.2) is 0 Å². The Morgan fingerprint density at radius 3 is 2.76 bits per heavy atom. The van der Waals surface area contributed by atoms with E-state index in [2.05, 4.69) is 26.8 Å². The lowest BCUT2D eigenvalue weighted by molar-refractivity contribution is -0.0274. The molecule has 4 aliphatic carbocycles. The monoisotopic (exact) mass is 398 g/mol. The van der Waals surface area contributed by atoms with Gasteiger partial charge in [0.1, 0.15) is 5.76 Å². The summed E-state index contributed by atoms with van der Waals surface area (Å²) in [4.78, 5) is 0. The van der Waals surface area contributed by atoms with E-state index in [0.29, 0.717) is 17.4 Å². The SMILES string of the molecule is CCCCB1OC/C(=C2/CC[C@H]3[C@@H]4CC=C5C[C@@H](O)CC[C@]5(C)[C@H]4CC[C@]23C)O1. The van der Waals surface area contributed by atoms with Gasteiger partial charge in [-0.2, -0.15) is 0 Å². The largest absolute Gasteiger partial charge is 0.537 e. The molecule has 1 heterocycles. The molecule has 1 saturated heterocycles. The summed E-state index contributed by atoms with van der Waals surface area (Å²) in [6.07, 6.45) is 15.3. The number of aliphatic hydroxyl groups is 1. The second-order valence-electron chi connectivity index (χ2n) is 11.1. The van der Waals surface area contributed by atoms with Gasteiger partial charge in [-0.3, -0.25) is 0 Å². The fourth-order valence-electron chi connectivity index (χ4n) is 7.98. The van der Waals surface area contributed by atoms with E-state index in [4.69, 9.17) is 9.31 Å². The van der Waals surface area contributed by atoms with Gasteiger partial charge in [-0.1, -0.05) is 45.3 Å². The molecule has 3 nitrogen and oxygen atoms in total. The average molecular weight is 398 g/mol. The smallest absolute Gasteiger partial charge is 0.525 e. The summed E-state index contributed by atoms with van der Waals surface area (Å²) in [6.45, 7) is 7.98. The number of unbranched alkanes of at least 4 members (excludes halogenated alkanes) is 1. The Kier molecular flexibility index (Phi) is 5.18. The summed E-state index contributed by atoms with van der Waals surface area (Å²) in [5.41, 5.74) is 3.80. The molecule has 5 aliphatic rings. The van der Waals surface area contributed by atoms with Crippen molar-refractivity contribution >= 4 is 7.12 Å². The van der Waals surface area contributed by atoms with Crippen molar-refractivity contribution in [2.45, 2.75) is 97.4 Å². The van der Waals surface area contributed by atoms with Crippen LogP contribution >= 0.6 is 0 Å². The normalized spacial score (nSPS) is 46.6. The Balaban J connectivity index is 1.38. The van der Waals surface area contributed by atoms with Gasteiger partial charge in [-0.15, -0.1) is 0 Å². The highest BCUT2D eigenvalue weighted by Crippen LogP contribution is 2.66. The van der Waals surface area contributed by atoms with E-state index in [9.17, 15) is 5.11 Å². The van der Waals surface area contributed by atoms with Crippen LogP contribution in [0, 0.1) is 28.6 Å². The van der Waals surface area contributed by atoms with Gasteiger partial charge >= 0.3 is 7.12 Å². The highest BCUT2D eigenvalue weighted by atomic mass is 16.6. The first kappa shape index (κ1) is 20.2. The zero-order valence-corrected chi connectivity index (χ0v) is 18.7. The van der Waals surface area contributed by atoms with Crippen LogP contribution in [0.2, 0.25) is 6.32 Å². The molecule has 0 aromatic rings. The van der Waals surface area contributed by atoms with Crippen LogP contribution in [0.3, 0.4) is 0 Å². The van der Waals surface area contributed by atoms with Gasteiger partial charge in [0.05, 0.1) is 12.7 Å². The van der Waals surface area contributed by atoms with Crippen LogP contribution in [0.5, 0.6) is 0 Å². The molecule has 0 unspecified atom stereocenters. The van der Waals surface area contributed by atoms with E-state index in [1.165, 1.54) is 57.1 Å². The summed E-state index contributed by atoms with van der Waals surface area (Å²) >= 11 is 0. The Hall–Kier alpha value is -0.735. The minimum absolute atomic E-state index is 0.0100. The Labute approximate surface area is 177 Å². The number of fused-ring (bicyclic) bond motifs is 5. The molecule has 1 aliphatic heterocycles. The first-order chi connectivity index (χ1) is 14.0. The van der Waals surface area contributed by atoms with Gasteiger partial charge in [0.25, 0.3) is 0 Å². The van der Waals surface area contributed by atoms with Crippen molar-refractivity contribution in [1.82, 2.24) is 0 Å². The molecule has 5 rings (SSSR count). The first-order valence-corrected chi connectivity index (χ1v) is 12.3. The summed E-state index contributed by atoms with van der Waals surface area (Å²) in [5, 5.41) is 10.2. The van der Waals surface area contributed by atoms with Crippen molar-refractivity contribution < 1.29 is 14.4 Å². The predicted molar refractivity (Wildman–Crippen MR) is 117 cm³/mol. The second-order valence-corrected chi connectivity index (χ2v) is 11.1. The Morgan fingerprint density at radius 1 is 1.14 bits per heavy atom. The van der Waals surface area contributed by atoms with Gasteiger partial charge in [0, 0.05) is 0 Å². The predicted octanol–water partition coefficient (Wildman–Crippen LogP) is 5.90. The highest BCUT2D eigenvalue weighted by Gasteiger charge is 2.58. The van der Waals surface area contributed by atoms with Crippen molar-refractivity contribution in [3.8, 4) is 0 Å². The molecule has 1 N–H and O–H groups in total. The maximum Gasteiger partial charge on any atom is 0.525 e. The molecule has 6 atom stereocenters. The maximum absolute atomic E-state index is 10.2. The standard InChI is InChI=1S/C25H39BO3/c1-4-5-14-26-28-16-23(29-26)22-9-8-20-19-7-6-17-15-18(27)10-12-24(17,2)21(19)11-13-25(20,22)3/h6,18-21,27H,4-5,7-16H2,1-3H3/b23-22+/t18-,19-,20-,21-,24-,25-/m0/s1. The van der Waals surface area contributed by atoms with Crippen LogP contribution in [0.4, 0.5) is 0 Å². The molecule has 160 valence electrons. The molecular weight excluding hydrogens is 359 g/mol. The number of allylic oxidation sites excluding steroid dienone is 2. The minimum Gasteiger partial charge on any atom is -0.537 e. The van der Waals surface area contributed by atoms with E-state index in [-0.39, 0.29) is 13.2 Å². The van der Waals surface area contributed by atoms with E-state index >= 15 is 0 Å². The minimum atomic E-state index is -0.109. The quantitative estimate of drug-likeness (QED) is 0.475. The number of hydrogen-bond donors (Lipinski definition) is 1. The zero-order valence-electron chi connectivity index (χ0n) is 18.7. The van der Waals surface area contributed by atoms with Crippen molar-refractivity contribution in [2.24, 2.45) is 28.6 Å². The van der Waals surface area contributed by atoms with E-state index in [1.807, 2.05) is 0 Å². The average Bonchev–Trinajstić information content (AvgIpc) is 3.30. The maximum atomic E-state index is 10.2. The van der Waals surface area contributed by atoms with Crippen molar-refractivity contribution in [3.63, 3.8) is 0 Å². The lowest BCUT2D eigenvalue weighted by Gasteiger charge is -2.57.